The van der Waals surface area contributed by atoms with Gasteiger partial charge in [0.1, 0.15) is 6.29 Å². The second kappa shape index (κ2) is 11.8. The monoisotopic (exact) mass is 536 g/mol. The van der Waals surface area contributed by atoms with Crippen LogP contribution in [0.5, 0.6) is 0 Å². The lowest BCUT2D eigenvalue weighted by Gasteiger charge is -2.13. The van der Waals surface area contributed by atoms with E-state index in [9.17, 15) is 23.3 Å². The van der Waals surface area contributed by atoms with Crippen LogP contribution in [0.25, 0.3) is 0 Å². The highest BCUT2D eigenvalue weighted by atomic mass is 35.5. The number of hydrogen-bond donors (Lipinski definition) is 0. The summed E-state index contributed by atoms with van der Waals surface area (Å²) >= 11 is 7.60. The van der Waals surface area contributed by atoms with Crippen LogP contribution in [0.1, 0.15) is 28.5 Å². The number of non-ortho nitro benzene ring substituents is 1. The van der Waals surface area contributed by atoms with E-state index >= 15 is 0 Å². The van der Waals surface area contributed by atoms with Crippen LogP contribution < -0.4 is 0 Å². The van der Waals surface area contributed by atoms with Crippen LogP contribution in [0.2, 0.25) is 5.02 Å². The van der Waals surface area contributed by atoms with Gasteiger partial charge in [-0.05, 0) is 48.8 Å². The Hall–Kier alpha value is -2.40. The van der Waals surface area contributed by atoms with Gasteiger partial charge in [0.25, 0.3) is 5.69 Å². The molecule has 3 aromatic rings. The minimum Gasteiger partial charge on any atom is -0.301 e. The smallest absolute Gasteiger partial charge is 0.272 e. The van der Waals surface area contributed by atoms with Crippen molar-refractivity contribution in [1.29, 1.82) is 0 Å². The Labute approximate surface area is 210 Å². The highest BCUT2D eigenvalue weighted by Crippen LogP contribution is 2.40. The van der Waals surface area contributed by atoms with E-state index in [0.717, 1.165) is 35.6 Å². The number of nitrogens with zero attached hydrogens (tertiary/aromatic N) is 2. The molecule has 0 aliphatic carbocycles. The van der Waals surface area contributed by atoms with Crippen molar-refractivity contribution in [2.45, 2.75) is 34.8 Å². The molecular weight excluding hydrogens is 516 g/mol. The summed E-state index contributed by atoms with van der Waals surface area (Å²) in [6.45, 7) is 1.56. The maximum Gasteiger partial charge on any atom is 0.272 e. The van der Waals surface area contributed by atoms with Gasteiger partial charge in [-0.1, -0.05) is 41.9 Å². The summed E-state index contributed by atoms with van der Waals surface area (Å²) < 4.78 is 26.2. The summed E-state index contributed by atoms with van der Waals surface area (Å²) in [5.41, 5.74) is 1.40. The number of benzene rings is 2. The fourth-order valence-electron chi connectivity index (χ4n) is 3.08. The molecule has 0 N–H and O–H groups in total. The summed E-state index contributed by atoms with van der Waals surface area (Å²) in [5, 5.41) is 9.68. The molecule has 11 heteroatoms. The SMILES string of the molecule is Cc1c(Cl)cc([N+](=O)[O-])cc1SS(=O)(=O)C(C=O)c1cc(SCCCc2ccccc2)ccn1. The molecular formula is C23H21ClN2O5S3. The Morgan fingerprint density at radius 1 is 1.18 bits per heavy atom. The molecule has 0 aliphatic rings. The lowest BCUT2D eigenvalue weighted by molar-refractivity contribution is -0.385. The van der Waals surface area contributed by atoms with Crippen LogP contribution in [-0.4, -0.2) is 30.4 Å². The predicted molar refractivity (Wildman–Crippen MR) is 136 cm³/mol. The largest absolute Gasteiger partial charge is 0.301 e. The molecule has 178 valence electrons. The van der Waals surface area contributed by atoms with E-state index in [4.69, 9.17) is 11.6 Å². The molecule has 1 unspecified atom stereocenters. The number of nitro groups is 1. The molecule has 0 saturated carbocycles. The van der Waals surface area contributed by atoms with Gasteiger partial charge in [0.05, 0.1) is 15.6 Å². The number of carbonyl (C=O) groups excluding carboxylic acids is 1. The van der Waals surface area contributed by atoms with Gasteiger partial charge in [-0.25, -0.2) is 8.42 Å². The van der Waals surface area contributed by atoms with Crippen molar-refractivity contribution in [3.05, 3.63) is 92.8 Å². The third kappa shape index (κ3) is 6.82. The third-order valence-corrected chi connectivity index (χ3v) is 10.0. The maximum absolute atomic E-state index is 13.1. The first-order valence-corrected chi connectivity index (χ1v) is 14.4. The van der Waals surface area contributed by atoms with Gasteiger partial charge in [0.2, 0.25) is 8.87 Å². The zero-order valence-corrected chi connectivity index (χ0v) is 21.3. The van der Waals surface area contributed by atoms with E-state index in [1.807, 2.05) is 18.2 Å². The van der Waals surface area contributed by atoms with Gasteiger partial charge >= 0.3 is 0 Å². The van der Waals surface area contributed by atoms with Gasteiger partial charge < -0.3 is 4.79 Å². The summed E-state index contributed by atoms with van der Waals surface area (Å²) in [6, 6.07) is 15.8. The van der Waals surface area contributed by atoms with Crippen molar-refractivity contribution in [2.24, 2.45) is 0 Å². The van der Waals surface area contributed by atoms with Crippen LogP contribution in [0.15, 0.2) is 70.6 Å². The van der Waals surface area contributed by atoms with Crippen LogP contribution in [0.4, 0.5) is 5.69 Å². The Kier molecular flexibility index (Phi) is 9.12. The molecule has 0 spiro atoms. The third-order valence-electron chi connectivity index (χ3n) is 4.90. The van der Waals surface area contributed by atoms with Crippen molar-refractivity contribution in [3.63, 3.8) is 0 Å². The van der Waals surface area contributed by atoms with Gasteiger partial charge in [-0.3, -0.25) is 15.1 Å². The van der Waals surface area contributed by atoms with Crippen LogP contribution in [-0.2, 0) is 20.1 Å². The standard InChI is InChI=1S/C23H21ClN2O5S3/c1-16-20(24)12-18(26(28)29)13-22(16)33-34(30,31)23(15-27)21-14-19(9-10-25-21)32-11-5-8-17-6-3-2-4-7-17/h2-4,6-7,9-10,12-15,23H,5,8,11H2,1H3. The van der Waals surface area contributed by atoms with Crippen molar-refractivity contribution < 1.29 is 18.1 Å². The minimum absolute atomic E-state index is 0.0709. The zero-order chi connectivity index (χ0) is 24.7. The van der Waals surface area contributed by atoms with Gasteiger partial charge in [-0.15, -0.1) is 11.8 Å². The Bertz CT molecular complexity index is 1290. The Morgan fingerprint density at radius 3 is 2.59 bits per heavy atom. The number of aldehydes is 1. The molecule has 1 atom stereocenters. The van der Waals surface area contributed by atoms with Crippen molar-refractivity contribution >= 4 is 55.0 Å². The fraction of sp³-hybridized carbons (Fsp3) is 0.217. The number of pyridine rings is 1. The molecule has 1 aromatic heterocycles. The summed E-state index contributed by atoms with van der Waals surface area (Å²) in [7, 11) is -3.77. The predicted octanol–water partition coefficient (Wildman–Crippen LogP) is 6.04. The van der Waals surface area contributed by atoms with Gasteiger partial charge in [-0.2, -0.15) is 0 Å². The summed E-state index contributed by atoms with van der Waals surface area (Å²) in [5.74, 6) is 0.816. The molecule has 0 bridgehead atoms. The number of halogens is 1. The molecule has 0 aliphatic heterocycles. The number of carbonyl (C=O) groups is 1. The summed E-state index contributed by atoms with van der Waals surface area (Å²) in [6.07, 6.45) is 3.66. The average Bonchev–Trinajstić information content (AvgIpc) is 2.80. The zero-order valence-electron chi connectivity index (χ0n) is 18.1. The minimum atomic E-state index is -4.14. The molecule has 0 amide bonds. The summed E-state index contributed by atoms with van der Waals surface area (Å²) in [4.78, 5) is 27.3. The number of thioether (sulfide) groups is 1. The van der Waals surface area contributed by atoms with E-state index in [0.29, 0.717) is 22.6 Å². The number of aromatic nitrogens is 1. The highest BCUT2D eigenvalue weighted by molar-refractivity contribution is 8.72. The van der Waals surface area contributed by atoms with E-state index in [2.05, 4.69) is 17.1 Å². The Morgan fingerprint density at radius 2 is 1.91 bits per heavy atom. The first kappa shape index (κ1) is 26.2. The van der Waals surface area contributed by atoms with E-state index in [1.165, 1.54) is 11.8 Å². The van der Waals surface area contributed by atoms with Crippen LogP contribution >= 0.6 is 34.2 Å². The first-order chi connectivity index (χ1) is 16.2. The van der Waals surface area contributed by atoms with Crippen LogP contribution in [0.3, 0.4) is 0 Å². The first-order valence-electron chi connectivity index (χ1n) is 10.2. The van der Waals surface area contributed by atoms with Crippen molar-refractivity contribution in [3.8, 4) is 0 Å². The lowest BCUT2D eigenvalue weighted by Crippen LogP contribution is -2.13. The average molecular weight is 537 g/mol. The lowest BCUT2D eigenvalue weighted by atomic mass is 10.1. The Balaban J connectivity index is 1.74. The van der Waals surface area contributed by atoms with Crippen LogP contribution in [0, 0.1) is 17.0 Å². The molecule has 0 radical (unpaired) electrons. The van der Waals surface area contributed by atoms with Gasteiger partial charge in [0, 0.05) is 38.9 Å². The molecule has 2 aromatic carbocycles. The van der Waals surface area contributed by atoms with Gasteiger partial charge in [0.15, 0.2) is 5.25 Å². The number of hydrogen-bond acceptors (Lipinski definition) is 8. The molecule has 0 fully saturated rings. The van der Waals surface area contributed by atoms with Crippen molar-refractivity contribution in [1.82, 2.24) is 4.98 Å². The quantitative estimate of drug-likeness (QED) is 0.0729. The molecule has 7 nitrogen and oxygen atoms in total. The normalized spacial score (nSPS) is 12.3. The second-order valence-corrected chi connectivity index (χ2v) is 12.9. The maximum atomic E-state index is 13.1. The highest BCUT2D eigenvalue weighted by Gasteiger charge is 2.31. The molecule has 0 saturated heterocycles. The number of aryl methyl sites for hydroxylation is 1. The van der Waals surface area contributed by atoms with E-state index < -0.39 is 19.0 Å². The fourth-order valence-corrected chi connectivity index (χ4v) is 7.57. The topological polar surface area (TPSA) is 107 Å². The van der Waals surface area contributed by atoms with E-state index in [1.54, 1.807) is 30.8 Å². The van der Waals surface area contributed by atoms with Crippen molar-refractivity contribution in [2.75, 3.05) is 5.75 Å². The second-order valence-electron chi connectivity index (χ2n) is 7.29. The van der Waals surface area contributed by atoms with E-state index in [-0.39, 0.29) is 21.3 Å². The number of nitro benzene ring substituents is 1. The molecule has 34 heavy (non-hydrogen) atoms. The number of rotatable bonds is 11. The molecule has 3 rings (SSSR count). The molecule has 1 heterocycles.